The summed E-state index contributed by atoms with van der Waals surface area (Å²) in [5, 5.41) is 7.38. The quantitative estimate of drug-likeness (QED) is 0.748. The monoisotopic (exact) mass is 427 g/mol. The number of benzene rings is 1. The van der Waals surface area contributed by atoms with E-state index in [1.165, 1.54) is 44.1 Å². The van der Waals surface area contributed by atoms with Crippen molar-refractivity contribution in [3.63, 3.8) is 0 Å². The van der Waals surface area contributed by atoms with Gasteiger partial charge >= 0.3 is 0 Å². The summed E-state index contributed by atoms with van der Waals surface area (Å²) in [6.45, 7) is 6.37. The van der Waals surface area contributed by atoms with E-state index in [1.807, 2.05) is 12.1 Å². The summed E-state index contributed by atoms with van der Waals surface area (Å²) in [5.41, 5.74) is 2.21. The Labute approximate surface area is 185 Å². The molecule has 6 aliphatic rings. The van der Waals surface area contributed by atoms with Gasteiger partial charge in [-0.2, -0.15) is 0 Å². The molecule has 0 spiro atoms. The van der Waals surface area contributed by atoms with Gasteiger partial charge in [-0.3, -0.25) is 9.69 Å². The molecule has 4 nitrogen and oxygen atoms in total. The fourth-order valence-electron chi connectivity index (χ4n) is 8.05. The molecule has 2 unspecified atom stereocenters. The van der Waals surface area contributed by atoms with Crippen LogP contribution in [0.1, 0.15) is 54.4 Å². The van der Waals surface area contributed by atoms with E-state index in [-0.39, 0.29) is 5.91 Å². The third kappa shape index (κ3) is 3.59. The van der Waals surface area contributed by atoms with Crippen LogP contribution in [0, 0.1) is 35.0 Å². The molecule has 2 heterocycles. The van der Waals surface area contributed by atoms with Gasteiger partial charge < -0.3 is 10.6 Å². The summed E-state index contributed by atoms with van der Waals surface area (Å²) >= 11 is 6.46. The fraction of sp³-hybridized carbons (Fsp3) is 0.720. The zero-order chi connectivity index (χ0) is 20.3. The Morgan fingerprint density at radius 2 is 1.70 bits per heavy atom. The van der Waals surface area contributed by atoms with E-state index in [4.69, 9.17) is 11.6 Å². The van der Waals surface area contributed by atoms with Gasteiger partial charge in [0.2, 0.25) is 0 Å². The first-order valence-corrected chi connectivity index (χ1v) is 12.4. The minimum atomic E-state index is 0.0140. The molecule has 4 aliphatic carbocycles. The lowest BCUT2D eigenvalue weighted by Crippen LogP contribution is -2.51. The van der Waals surface area contributed by atoms with E-state index in [2.05, 4.69) is 21.6 Å². The molecule has 5 heteroatoms. The number of carbonyl (C=O) groups excluding carboxylic acids is 1. The number of rotatable bonds is 5. The van der Waals surface area contributed by atoms with Crippen LogP contribution in [0.2, 0.25) is 5.02 Å². The van der Waals surface area contributed by atoms with Crippen molar-refractivity contribution in [3.05, 3.63) is 34.3 Å². The molecule has 2 N–H and O–H groups in total. The molecule has 162 valence electrons. The van der Waals surface area contributed by atoms with Gasteiger partial charge in [0.1, 0.15) is 0 Å². The Balaban J connectivity index is 1.11. The van der Waals surface area contributed by atoms with Crippen LogP contribution in [0.15, 0.2) is 18.2 Å². The second-order valence-electron chi connectivity index (χ2n) is 11.3. The molecule has 30 heavy (non-hydrogen) atoms. The van der Waals surface area contributed by atoms with Crippen molar-refractivity contribution in [2.45, 2.75) is 45.1 Å². The van der Waals surface area contributed by atoms with Crippen LogP contribution in [0.25, 0.3) is 0 Å². The van der Waals surface area contributed by atoms with Gasteiger partial charge in [-0.25, -0.2) is 0 Å². The van der Waals surface area contributed by atoms with E-state index in [1.54, 1.807) is 0 Å². The summed E-state index contributed by atoms with van der Waals surface area (Å²) in [7, 11) is 0. The molecule has 4 bridgehead atoms. The third-order valence-electron chi connectivity index (χ3n) is 8.94. The highest BCUT2D eigenvalue weighted by Crippen LogP contribution is 2.59. The van der Waals surface area contributed by atoms with Crippen LogP contribution >= 0.6 is 11.6 Å². The molecule has 6 fully saturated rings. The van der Waals surface area contributed by atoms with Crippen LogP contribution in [0.4, 0.5) is 0 Å². The number of likely N-dealkylation sites (tertiary alicyclic amines) is 1. The van der Waals surface area contributed by atoms with E-state index >= 15 is 0 Å². The maximum atomic E-state index is 13.1. The fourth-order valence-corrected chi connectivity index (χ4v) is 8.26. The van der Waals surface area contributed by atoms with E-state index < -0.39 is 0 Å². The molecule has 0 aromatic heterocycles. The van der Waals surface area contributed by atoms with Gasteiger partial charge in [0.25, 0.3) is 5.91 Å². The van der Waals surface area contributed by atoms with Crippen molar-refractivity contribution >= 4 is 17.5 Å². The topological polar surface area (TPSA) is 44.4 Å². The molecule has 1 aromatic carbocycles. The van der Waals surface area contributed by atoms with Crippen molar-refractivity contribution < 1.29 is 4.79 Å². The van der Waals surface area contributed by atoms with Gasteiger partial charge in [0.15, 0.2) is 0 Å². The van der Waals surface area contributed by atoms with Crippen molar-refractivity contribution in [1.82, 2.24) is 15.5 Å². The summed E-state index contributed by atoms with van der Waals surface area (Å²) in [5.74, 6) is 4.33. The molecule has 1 amide bonds. The number of fused-ring (bicyclic) bond motifs is 1. The third-order valence-corrected chi connectivity index (χ3v) is 9.27. The highest BCUT2D eigenvalue weighted by Gasteiger charge is 2.50. The normalized spacial score (nSPS) is 39.4. The summed E-state index contributed by atoms with van der Waals surface area (Å²) in [6, 6.07) is 6.03. The number of amides is 1. The highest BCUT2D eigenvalue weighted by molar-refractivity contribution is 6.33. The number of carbonyl (C=O) groups is 1. The lowest BCUT2D eigenvalue weighted by Gasteiger charge is -2.56. The Morgan fingerprint density at radius 1 is 1.07 bits per heavy atom. The minimum Gasteiger partial charge on any atom is -0.351 e. The molecule has 7 rings (SSSR count). The molecular formula is C25H34ClN3O. The average Bonchev–Trinajstić information content (AvgIpc) is 3.28. The Morgan fingerprint density at radius 3 is 2.33 bits per heavy atom. The van der Waals surface area contributed by atoms with Crippen LogP contribution in [-0.4, -0.2) is 43.5 Å². The van der Waals surface area contributed by atoms with Gasteiger partial charge in [-0.1, -0.05) is 17.7 Å². The van der Waals surface area contributed by atoms with Gasteiger partial charge in [0, 0.05) is 26.2 Å². The van der Waals surface area contributed by atoms with Gasteiger partial charge in [-0.15, -0.1) is 0 Å². The zero-order valence-electron chi connectivity index (χ0n) is 17.8. The van der Waals surface area contributed by atoms with Crippen molar-refractivity contribution in [2.75, 3.05) is 32.7 Å². The smallest absolute Gasteiger partial charge is 0.252 e. The Hall–Kier alpha value is -1.10. The average molecular weight is 428 g/mol. The maximum absolute atomic E-state index is 13.1. The minimum absolute atomic E-state index is 0.0140. The number of hydrogen-bond acceptors (Lipinski definition) is 3. The van der Waals surface area contributed by atoms with E-state index in [9.17, 15) is 4.79 Å². The molecule has 4 saturated carbocycles. The number of halogens is 1. The Kier molecular flexibility index (Phi) is 4.89. The molecule has 0 radical (unpaired) electrons. The Bertz CT molecular complexity index is 792. The zero-order valence-corrected chi connectivity index (χ0v) is 18.6. The molecule has 2 saturated heterocycles. The van der Waals surface area contributed by atoms with Crippen molar-refractivity contribution in [2.24, 2.45) is 35.0 Å². The summed E-state index contributed by atoms with van der Waals surface area (Å²) in [6.07, 6.45) is 8.28. The second-order valence-corrected chi connectivity index (χ2v) is 11.7. The molecule has 1 aromatic rings. The highest BCUT2D eigenvalue weighted by atomic mass is 35.5. The first kappa shape index (κ1) is 19.6. The predicted molar refractivity (Wildman–Crippen MR) is 120 cm³/mol. The first-order chi connectivity index (χ1) is 14.6. The van der Waals surface area contributed by atoms with E-state index in [0.717, 1.165) is 68.9 Å². The number of nitrogens with zero attached hydrogens (tertiary/aromatic N) is 1. The maximum Gasteiger partial charge on any atom is 0.252 e. The van der Waals surface area contributed by atoms with Crippen molar-refractivity contribution in [3.8, 4) is 0 Å². The molecular weight excluding hydrogens is 394 g/mol. The summed E-state index contributed by atoms with van der Waals surface area (Å²) < 4.78 is 0. The number of nitrogens with one attached hydrogen (secondary N) is 2. The second kappa shape index (κ2) is 7.50. The number of hydrogen-bond donors (Lipinski definition) is 2. The molecule has 2 aliphatic heterocycles. The van der Waals surface area contributed by atoms with Crippen LogP contribution in [0.3, 0.4) is 0 Å². The van der Waals surface area contributed by atoms with E-state index in [0.29, 0.717) is 16.0 Å². The molecule has 2 atom stereocenters. The lowest BCUT2D eigenvalue weighted by molar-refractivity contribution is -0.0503. The van der Waals surface area contributed by atoms with Crippen LogP contribution in [0.5, 0.6) is 0 Å². The first-order valence-electron chi connectivity index (χ1n) is 12.0. The van der Waals surface area contributed by atoms with Gasteiger partial charge in [0.05, 0.1) is 10.6 Å². The summed E-state index contributed by atoms with van der Waals surface area (Å²) in [4.78, 5) is 15.6. The standard InChI is InChI=1S/C25H34ClN3O/c26-23-2-1-16(12-29-13-20-10-27-11-21(20)14-29)6-22(23)24(30)28-15-25-7-17-3-18(8-25)5-19(4-17)9-25/h1-2,6,17-21,27H,3-5,7-15H2,(H,28,30). The van der Waals surface area contributed by atoms with Crippen LogP contribution < -0.4 is 10.6 Å². The largest absolute Gasteiger partial charge is 0.351 e. The van der Waals surface area contributed by atoms with Crippen LogP contribution in [-0.2, 0) is 6.54 Å². The SMILES string of the molecule is O=C(NCC12CC3CC(CC(C3)C1)C2)c1cc(CN2CC3CNCC3C2)ccc1Cl. The predicted octanol–water partition coefficient (Wildman–Crippen LogP) is 3.94. The van der Waals surface area contributed by atoms with Gasteiger partial charge in [-0.05, 0) is 104 Å². The lowest BCUT2D eigenvalue weighted by atomic mass is 9.49. The van der Waals surface area contributed by atoms with Crippen molar-refractivity contribution in [1.29, 1.82) is 0 Å².